The topological polar surface area (TPSA) is 87.7 Å². The molecule has 242 valence electrons. The third-order valence-electron chi connectivity index (χ3n) is 7.94. The van der Waals surface area contributed by atoms with Crippen LogP contribution in [0.15, 0.2) is 66.7 Å². The summed E-state index contributed by atoms with van der Waals surface area (Å²) in [4.78, 5) is 43.9. The first-order valence-electron chi connectivity index (χ1n) is 16.1. The number of hydrogen-bond acceptors (Lipinski definition) is 4. The number of benzene rings is 3. The van der Waals surface area contributed by atoms with Gasteiger partial charge >= 0.3 is 6.09 Å². The lowest BCUT2D eigenvalue weighted by molar-refractivity contribution is -0.140. The Hall–Kier alpha value is -4.13. The van der Waals surface area contributed by atoms with Gasteiger partial charge in [0.1, 0.15) is 17.7 Å². The summed E-state index contributed by atoms with van der Waals surface area (Å²) in [5, 5.41) is 6.02. The van der Waals surface area contributed by atoms with Crippen LogP contribution in [0.5, 0.6) is 0 Å². The maximum absolute atomic E-state index is 14.7. The number of para-hydroxylation sites is 1. The first-order valence-corrected chi connectivity index (χ1v) is 16.1. The van der Waals surface area contributed by atoms with Crippen LogP contribution in [0.1, 0.15) is 92.8 Å². The quantitative estimate of drug-likeness (QED) is 0.191. The fourth-order valence-electron chi connectivity index (χ4n) is 5.39. The number of amides is 3. The molecule has 0 heterocycles. The predicted molar refractivity (Wildman–Crippen MR) is 182 cm³/mol. The molecule has 45 heavy (non-hydrogen) atoms. The zero-order valence-electron chi connectivity index (χ0n) is 28.3. The summed E-state index contributed by atoms with van der Waals surface area (Å²) in [6.07, 6.45) is 3.28. The summed E-state index contributed by atoms with van der Waals surface area (Å²) in [5.41, 5.74) is 5.63. The lowest BCUT2D eigenvalue weighted by Gasteiger charge is -2.35. The van der Waals surface area contributed by atoms with Crippen LogP contribution in [-0.2, 0) is 20.7 Å². The highest BCUT2D eigenvalue weighted by molar-refractivity contribution is 6.00. The van der Waals surface area contributed by atoms with Crippen molar-refractivity contribution in [2.75, 3.05) is 11.9 Å². The lowest BCUT2D eigenvalue weighted by atomic mass is 9.96. The van der Waals surface area contributed by atoms with Crippen LogP contribution in [0.3, 0.4) is 0 Å². The Morgan fingerprint density at radius 1 is 0.800 bits per heavy atom. The average molecular weight is 614 g/mol. The van der Waals surface area contributed by atoms with Crippen molar-refractivity contribution < 1.29 is 19.1 Å². The minimum absolute atomic E-state index is 0.253. The molecule has 3 aromatic carbocycles. The van der Waals surface area contributed by atoms with Gasteiger partial charge in [-0.25, -0.2) is 4.79 Å². The average Bonchev–Trinajstić information content (AvgIpc) is 2.97. The number of carbonyl (C=O) groups excluding carboxylic acids is 3. The van der Waals surface area contributed by atoms with E-state index in [4.69, 9.17) is 4.74 Å². The second kappa shape index (κ2) is 16.3. The van der Waals surface area contributed by atoms with Crippen molar-refractivity contribution >= 4 is 23.6 Å². The van der Waals surface area contributed by atoms with Crippen molar-refractivity contribution in [1.82, 2.24) is 10.2 Å². The van der Waals surface area contributed by atoms with Crippen molar-refractivity contribution in [3.63, 3.8) is 0 Å². The third-order valence-corrected chi connectivity index (χ3v) is 7.94. The van der Waals surface area contributed by atoms with E-state index in [1.54, 1.807) is 25.7 Å². The van der Waals surface area contributed by atoms with E-state index < -0.39 is 23.8 Å². The molecule has 0 saturated heterocycles. The van der Waals surface area contributed by atoms with Crippen LogP contribution in [0.25, 0.3) is 0 Å². The van der Waals surface area contributed by atoms with Crippen LogP contribution in [-0.4, -0.2) is 41.0 Å². The molecule has 0 saturated carbocycles. The molecule has 0 bridgehead atoms. The fourth-order valence-corrected chi connectivity index (χ4v) is 5.39. The minimum Gasteiger partial charge on any atom is -0.444 e. The number of ether oxygens (including phenoxy) is 1. The van der Waals surface area contributed by atoms with E-state index in [-0.39, 0.29) is 18.2 Å². The van der Waals surface area contributed by atoms with Gasteiger partial charge in [0.15, 0.2) is 0 Å². The largest absolute Gasteiger partial charge is 0.444 e. The molecule has 3 aromatic rings. The van der Waals surface area contributed by atoms with E-state index in [1.165, 1.54) is 0 Å². The van der Waals surface area contributed by atoms with Gasteiger partial charge < -0.3 is 20.3 Å². The van der Waals surface area contributed by atoms with Gasteiger partial charge in [-0.05, 0) is 88.3 Å². The molecule has 0 radical (unpaired) electrons. The Morgan fingerprint density at radius 2 is 1.47 bits per heavy atom. The van der Waals surface area contributed by atoms with E-state index in [1.807, 2.05) is 94.4 Å². The molecule has 0 aliphatic carbocycles. The normalized spacial score (nSPS) is 12.6. The second-order valence-corrected chi connectivity index (χ2v) is 13.0. The Morgan fingerprint density at radius 3 is 2.07 bits per heavy atom. The molecule has 7 nitrogen and oxygen atoms in total. The van der Waals surface area contributed by atoms with Crippen molar-refractivity contribution in [2.45, 2.75) is 105 Å². The molecular weight excluding hydrogens is 562 g/mol. The Kier molecular flexibility index (Phi) is 12.8. The molecule has 0 spiro atoms. The molecule has 3 amide bonds. The Balaban J connectivity index is 2.12. The number of aryl methyl sites for hydroxylation is 4. The number of hydrogen-bond donors (Lipinski definition) is 2. The van der Waals surface area contributed by atoms with Crippen molar-refractivity contribution in [3.05, 3.63) is 100 Å². The number of unbranched alkanes of at least 4 members (excludes halogenated alkanes) is 3. The van der Waals surface area contributed by atoms with Gasteiger partial charge in [-0.1, -0.05) is 92.9 Å². The van der Waals surface area contributed by atoms with E-state index in [0.29, 0.717) is 6.54 Å². The minimum atomic E-state index is -0.949. The standard InChI is InChI=1S/C38H51N3O4/c1-9-10-11-15-23-41(36(43)32(25-30-19-13-12-14-20-30)39-37(44)45-38(6,7)8)34(31-22-21-26(2)29(5)24-31)35(42)40-33-27(3)17-16-18-28(33)4/h12-14,16-22,24,32,34H,9-11,15,23,25H2,1-8H3,(H,39,44)(H,40,42). The zero-order valence-corrected chi connectivity index (χ0v) is 28.3. The van der Waals surface area contributed by atoms with E-state index in [2.05, 4.69) is 17.6 Å². The predicted octanol–water partition coefficient (Wildman–Crippen LogP) is 8.14. The molecule has 0 aliphatic heterocycles. The highest BCUT2D eigenvalue weighted by atomic mass is 16.6. The Bertz CT molecular complexity index is 1420. The van der Waals surface area contributed by atoms with Crippen LogP contribution in [0.4, 0.5) is 10.5 Å². The van der Waals surface area contributed by atoms with Crippen molar-refractivity contribution in [2.24, 2.45) is 0 Å². The van der Waals surface area contributed by atoms with Crippen LogP contribution >= 0.6 is 0 Å². The second-order valence-electron chi connectivity index (χ2n) is 13.0. The van der Waals surface area contributed by atoms with Gasteiger partial charge in [-0.3, -0.25) is 9.59 Å². The molecule has 2 unspecified atom stereocenters. The number of rotatable bonds is 13. The first-order chi connectivity index (χ1) is 21.3. The smallest absolute Gasteiger partial charge is 0.408 e. The molecule has 3 rings (SSSR count). The summed E-state index contributed by atoms with van der Waals surface area (Å²) in [6, 6.07) is 19.5. The number of nitrogens with zero attached hydrogens (tertiary/aromatic N) is 1. The van der Waals surface area contributed by atoms with E-state index in [9.17, 15) is 14.4 Å². The molecule has 2 N–H and O–H groups in total. The number of carbonyl (C=O) groups is 3. The van der Waals surface area contributed by atoms with Gasteiger partial charge in [0.25, 0.3) is 5.91 Å². The maximum Gasteiger partial charge on any atom is 0.408 e. The van der Waals surface area contributed by atoms with Gasteiger partial charge in [-0.2, -0.15) is 0 Å². The van der Waals surface area contributed by atoms with Crippen LogP contribution in [0, 0.1) is 27.7 Å². The van der Waals surface area contributed by atoms with Crippen LogP contribution in [0.2, 0.25) is 0 Å². The zero-order chi connectivity index (χ0) is 33.1. The summed E-state index contributed by atoms with van der Waals surface area (Å²) < 4.78 is 5.58. The van der Waals surface area contributed by atoms with Gasteiger partial charge in [0.05, 0.1) is 0 Å². The molecule has 7 heteroatoms. The first kappa shape index (κ1) is 35.4. The van der Waals surface area contributed by atoms with Gasteiger partial charge in [-0.15, -0.1) is 0 Å². The van der Waals surface area contributed by atoms with Crippen molar-refractivity contribution in [1.29, 1.82) is 0 Å². The number of alkyl carbamates (subject to hydrolysis) is 1. The molecular formula is C38H51N3O4. The van der Waals surface area contributed by atoms with Crippen molar-refractivity contribution in [3.8, 4) is 0 Å². The highest BCUT2D eigenvalue weighted by Crippen LogP contribution is 2.29. The lowest BCUT2D eigenvalue weighted by Crippen LogP contribution is -2.53. The molecule has 0 fully saturated rings. The highest BCUT2D eigenvalue weighted by Gasteiger charge is 2.36. The summed E-state index contributed by atoms with van der Waals surface area (Å²) >= 11 is 0. The summed E-state index contributed by atoms with van der Waals surface area (Å²) in [7, 11) is 0. The van der Waals surface area contributed by atoms with E-state index in [0.717, 1.165) is 64.8 Å². The summed E-state index contributed by atoms with van der Waals surface area (Å²) in [5.74, 6) is -0.628. The molecule has 0 aliphatic rings. The third kappa shape index (κ3) is 10.5. The molecule has 2 atom stereocenters. The molecule has 0 aromatic heterocycles. The summed E-state index contributed by atoms with van der Waals surface area (Å²) in [6.45, 7) is 15.8. The van der Waals surface area contributed by atoms with Crippen LogP contribution < -0.4 is 10.6 Å². The van der Waals surface area contributed by atoms with Gasteiger partial charge in [0, 0.05) is 18.7 Å². The number of nitrogens with one attached hydrogen (secondary N) is 2. The Labute approximate surface area is 269 Å². The van der Waals surface area contributed by atoms with Gasteiger partial charge in [0.2, 0.25) is 5.91 Å². The maximum atomic E-state index is 14.7. The SMILES string of the molecule is CCCCCCN(C(=O)C(Cc1ccccc1)NC(=O)OC(C)(C)C)C(C(=O)Nc1c(C)cccc1C)c1ccc(C)c(C)c1. The van der Waals surface area contributed by atoms with E-state index >= 15 is 0 Å². The number of anilines is 1. The monoisotopic (exact) mass is 613 g/mol. The fraction of sp³-hybridized carbons (Fsp3) is 0.447.